The lowest BCUT2D eigenvalue weighted by Crippen LogP contribution is -2.51. The number of piperazine rings is 1. The van der Waals surface area contributed by atoms with Crippen LogP contribution in [0.2, 0.25) is 5.02 Å². The third-order valence-corrected chi connectivity index (χ3v) is 3.67. The van der Waals surface area contributed by atoms with Crippen molar-refractivity contribution in [2.45, 2.75) is 6.92 Å². The van der Waals surface area contributed by atoms with Crippen molar-refractivity contribution in [3.63, 3.8) is 0 Å². The Hall–Kier alpha value is -1.82. The maximum absolute atomic E-state index is 11.9. The van der Waals surface area contributed by atoms with Gasteiger partial charge in [0.25, 0.3) is 0 Å². The van der Waals surface area contributed by atoms with Crippen LogP contribution in [-0.4, -0.2) is 53.0 Å². The van der Waals surface area contributed by atoms with Gasteiger partial charge in [0.1, 0.15) is 11.7 Å². The maximum Gasteiger partial charge on any atom is 0.315 e. The fourth-order valence-corrected chi connectivity index (χ4v) is 2.37. The normalized spacial score (nSPS) is 16.9. The van der Waals surface area contributed by atoms with E-state index in [-0.39, 0.29) is 5.91 Å². The third-order valence-electron chi connectivity index (χ3n) is 3.37. The molecule has 1 fully saturated rings. The van der Waals surface area contributed by atoms with Crippen LogP contribution in [0, 0.1) is 5.92 Å². The highest BCUT2D eigenvalue weighted by atomic mass is 35.5. The van der Waals surface area contributed by atoms with E-state index in [9.17, 15) is 9.59 Å². The van der Waals surface area contributed by atoms with E-state index in [0.29, 0.717) is 37.0 Å². The van der Waals surface area contributed by atoms with Gasteiger partial charge in [0.2, 0.25) is 5.91 Å². The van der Waals surface area contributed by atoms with E-state index >= 15 is 0 Å². The highest BCUT2D eigenvalue weighted by molar-refractivity contribution is 6.32. The molecular weight excluding hydrogens is 282 g/mol. The van der Waals surface area contributed by atoms with Crippen LogP contribution in [0.3, 0.4) is 0 Å². The smallest absolute Gasteiger partial charge is 0.315 e. The van der Waals surface area contributed by atoms with E-state index in [1.165, 1.54) is 6.92 Å². The van der Waals surface area contributed by atoms with E-state index in [4.69, 9.17) is 16.7 Å². The van der Waals surface area contributed by atoms with Crippen LogP contribution < -0.4 is 4.90 Å². The summed E-state index contributed by atoms with van der Waals surface area (Å²) in [6.07, 6.45) is 1.67. The lowest BCUT2D eigenvalue weighted by atomic mass is 10.1. The Kier molecular flexibility index (Phi) is 4.44. The highest BCUT2D eigenvalue weighted by Crippen LogP contribution is 2.23. The number of nitrogens with zero attached hydrogens (tertiary/aromatic N) is 3. The Morgan fingerprint density at radius 3 is 2.55 bits per heavy atom. The number of hydrogen-bond acceptors (Lipinski definition) is 4. The zero-order valence-electron chi connectivity index (χ0n) is 11.1. The summed E-state index contributed by atoms with van der Waals surface area (Å²) in [5.41, 5.74) is 0. The van der Waals surface area contributed by atoms with Gasteiger partial charge in [-0.05, 0) is 19.1 Å². The van der Waals surface area contributed by atoms with Gasteiger partial charge in [0.15, 0.2) is 0 Å². The van der Waals surface area contributed by atoms with Gasteiger partial charge < -0.3 is 14.9 Å². The molecule has 7 heteroatoms. The van der Waals surface area contributed by atoms with Crippen LogP contribution in [-0.2, 0) is 9.59 Å². The number of rotatable bonds is 3. The van der Waals surface area contributed by atoms with Crippen molar-refractivity contribution >= 4 is 29.3 Å². The molecular formula is C13H16ClN3O3. The highest BCUT2D eigenvalue weighted by Gasteiger charge is 2.29. The molecule has 0 bridgehead atoms. The van der Waals surface area contributed by atoms with Crippen LogP contribution in [0.1, 0.15) is 6.92 Å². The number of aromatic nitrogens is 1. The van der Waals surface area contributed by atoms with Crippen molar-refractivity contribution < 1.29 is 14.7 Å². The second-order valence-corrected chi connectivity index (χ2v) is 5.09. The van der Waals surface area contributed by atoms with Crippen molar-refractivity contribution in [1.82, 2.24) is 9.88 Å². The molecule has 1 atom stereocenters. The second-order valence-electron chi connectivity index (χ2n) is 4.68. The molecule has 0 radical (unpaired) electrons. The molecule has 108 valence electrons. The number of carboxylic acids is 1. The Morgan fingerprint density at radius 1 is 1.35 bits per heavy atom. The van der Waals surface area contributed by atoms with Crippen molar-refractivity contribution in [2.75, 3.05) is 31.1 Å². The summed E-state index contributed by atoms with van der Waals surface area (Å²) in [5, 5.41) is 9.44. The number of anilines is 1. The van der Waals surface area contributed by atoms with Crippen LogP contribution in [0.15, 0.2) is 18.3 Å². The van der Waals surface area contributed by atoms with Crippen LogP contribution in [0.4, 0.5) is 5.82 Å². The average molecular weight is 298 g/mol. The molecule has 1 saturated heterocycles. The molecule has 1 unspecified atom stereocenters. The molecule has 1 aromatic heterocycles. The lowest BCUT2D eigenvalue weighted by molar-refractivity contribution is -0.150. The first-order valence-corrected chi connectivity index (χ1v) is 6.75. The average Bonchev–Trinajstić information content (AvgIpc) is 2.46. The summed E-state index contributed by atoms with van der Waals surface area (Å²) in [7, 11) is 0. The van der Waals surface area contributed by atoms with Gasteiger partial charge in [-0.3, -0.25) is 9.59 Å². The molecule has 1 amide bonds. The van der Waals surface area contributed by atoms with E-state index in [1.807, 2.05) is 4.90 Å². The van der Waals surface area contributed by atoms with Gasteiger partial charge in [0, 0.05) is 32.4 Å². The van der Waals surface area contributed by atoms with Gasteiger partial charge in [-0.1, -0.05) is 11.6 Å². The first-order valence-electron chi connectivity index (χ1n) is 6.37. The monoisotopic (exact) mass is 297 g/mol. The van der Waals surface area contributed by atoms with Crippen LogP contribution >= 0.6 is 11.6 Å². The molecule has 1 aromatic rings. The van der Waals surface area contributed by atoms with Crippen molar-refractivity contribution in [1.29, 1.82) is 0 Å². The molecule has 1 aliphatic heterocycles. The Bertz CT molecular complexity index is 515. The van der Waals surface area contributed by atoms with Crippen molar-refractivity contribution in [3.05, 3.63) is 23.4 Å². The van der Waals surface area contributed by atoms with E-state index < -0.39 is 11.9 Å². The Labute approximate surface area is 122 Å². The number of aliphatic carboxylic acids is 1. The van der Waals surface area contributed by atoms with Crippen molar-refractivity contribution in [3.8, 4) is 0 Å². The van der Waals surface area contributed by atoms with Gasteiger partial charge in [-0.15, -0.1) is 0 Å². The summed E-state index contributed by atoms with van der Waals surface area (Å²) in [6, 6.07) is 3.54. The molecule has 1 N–H and O–H groups in total. The SMILES string of the molecule is CC(C(=O)O)C(=O)N1CCN(c2ncccc2Cl)CC1. The zero-order chi connectivity index (χ0) is 14.7. The molecule has 0 aliphatic carbocycles. The van der Waals surface area contributed by atoms with Crippen molar-refractivity contribution in [2.24, 2.45) is 5.92 Å². The fourth-order valence-electron chi connectivity index (χ4n) is 2.13. The number of hydrogen-bond donors (Lipinski definition) is 1. The molecule has 0 saturated carbocycles. The number of carbonyl (C=O) groups excluding carboxylic acids is 1. The quantitative estimate of drug-likeness (QED) is 0.846. The molecule has 0 aromatic carbocycles. The summed E-state index contributed by atoms with van der Waals surface area (Å²) in [5.74, 6) is -1.73. The standard InChI is InChI=1S/C13H16ClN3O3/c1-9(13(19)20)12(18)17-7-5-16(6-8-17)11-10(14)3-2-4-15-11/h2-4,9H,5-8H2,1H3,(H,19,20). The predicted molar refractivity (Wildman–Crippen MR) is 74.8 cm³/mol. The minimum Gasteiger partial charge on any atom is -0.481 e. The largest absolute Gasteiger partial charge is 0.481 e. The summed E-state index contributed by atoms with van der Waals surface area (Å²) >= 11 is 6.09. The number of amides is 1. The lowest BCUT2D eigenvalue weighted by Gasteiger charge is -2.36. The number of pyridine rings is 1. The molecule has 1 aliphatic rings. The topological polar surface area (TPSA) is 73.7 Å². The van der Waals surface area contributed by atoms with E-state index in [0.717, 1.165) is 0 Å². The molecule has 20 heavy (non-hydrogen) atoms. The molecule has 0 spiro atoms. The Morgan fingerprint density at radius 2 is 2.00 bits per heavy atom. The van der Waals surface area contributed by atoms with Crippen LogP contribution in [0.5, 0.6) is 0 Å². The summed E-state index contributed by atoms with van der Waals surface area (Å²) in [4.78, 5) is 30.6. The zero-order valence-corrected chi connectivity index (χ0v) is 11.9. The van der Waals surface area contributed by atoms with Gasteiger partial charge >= 0.3 is 5.97 Å². The predicted octanol–water partition coefficient (Wildman–Crippen LogP) is 1.10. The number of carbonyl (C=O) groups is 2. The maximum atomic E-state index is 11.9. The van der Waals surface area contributed by atoms with Gasteiger partial charge in [0.05, 0.1) is 5.02 Å². The summed E-state index contributed by atoms with van der Waals surface area (Å²) in [6.45, 7) is 3.54. The van der Waals surface area contributed by atoms with E-state index in [2.05, 4.69) is 4.98 Å². The van der Waals surface area contributed by atoms with Crippen LogP contribution in [0.25, 0.3) is 0 Å². The minimum absolute atomic E-state index is 0.343. The van der Waals surface area contributed by atoms with E-state index in [1.54, 1.807) is 23.2 Å². The van der Waals surface area contributed by atoms with Gasteiger partial charge in [-0.25, -0.2) is 4.98 Å². The number of halogens is 1. The molecule has 6 nitrogen and oxygen atoms in total. The third kappa shape index (κ3) is 3.01. The molecule has 2 rings (SSSR count). The fraction of sp³-hybridized carbons (Fsp3) is 0.462. The molecule has 2 heterocycles. The number of carboxylic acid groups (broad SMARTS) is 1. The first kappa shape index (κ1) is 14.6. The second kappa shape index (κ2) is 6.09. The summed E-state index contributed by atoms with van der Waals surface area (Å²) < 4.78 is 0. The first-order chi connectivity index (χ1) is 9.50. The van der Waals surface area contributed by atoms with Gasteiger partial charge in [-0.2, -0.15) is 0 Å². The Balaban J connectivity index is 1.98. The minimum atomic E-state index is -1.09.